The van der Waals surface area contributed by atoms with Crippen LogP contribution in [0.3, 0.4) is 0 Å². The quantitative estimate of drug-likeness (QED) is 0.633. The molecule has 0 bridgehead atoms. The normalized spacial score (nSPS) is 16.3. The van der Waals surface area contributed by atoms with Crippen molar-refractivity contribution < 1.29 is 32.4 Å². The highest BCUT2D eigenvalue weighted by Crippen LogP contribution is 2.23. The fourth-order valence-corrected chi connectivity index (χ4v) is 2.25. The topological polar surface area (TPSA) is 121 Å². The minimum atomic E-state index is -4.87. The fourth-order valence-electron chi connectivity index (χ4n) is 2.25. The van der Waals surface area contributed by atoms with Gasteiger partial charge in [-0.25, -0.2) is 0 Å². The Hall–Kier alpha value is -3.38. The first-order valence-corrected chi connectivity index (χ1v) is 7.10. The van der Waals surface area contributed by atoms with Crippen molar-refractivity contribution in [3.63, 3.8) is 0 Å². The summed E-state index contributed by atoms with van der Waals surface area (Å²) in [5.74, 6) is -1.83. The maximum Gasteiger partial charge on any atom is 0.573 e. The van der Waals surface area contributed by atoms with Crippen LogP contribution in [0.1, 0.15) is 10.4 Å². The molecule has 1 aromatic heterocycles. The van der Waals surface area contributed by atoms with E-state index in [4.69, 9.17) is 4.74 Å². The van der Waals surface area contributed by atoms with Gasteiger partial charge in [-0.3, -0.25) is 4.79 Å². The number of hydrogen-bond donors (Lipinski definition) is 1. The van der Waals surface area contributed by atoms with Crippen molar-refractivity contribution in [3.8, 4) is 11.8 Å². The molecule has 138 valence electrons. The summed E-state index contributed by atoms with van der Waals surface area (Å²) in [6.45, 7) is 0.0288. The van der Waals surface area contributed by atoms with E-state index in [1.165, 1.54) is 12.1 Å². The first-order chi connectivity index (χ1) is 12.2. The van der Waals surface area contributed by atoms with Crippen molar-refractivity contribution in [2.45, 2.75) is 18.9 Å². The van der Waals surface area contributed by atoms with Gasteiger partial charge in [-0.2, -0.15) is 0 Å². The predicted octanol–water partition coefficient (Wildman–Crippen LogP) is 1.28. The number of carbonyl (C=O) groups is 1. The third-order valence-corrected chi connectivity index (χ3v) is 3.26. The first kappa shape index (κ1) is 17.4. The van der Waals surface area contributed by atoms with Crippen LogP contribution in [-0.2, 0) is 6.54 Å². The second kappa shape index (κ2) is 6.50. The zero-order valence-corrected chi connectivity index (χ0v) is 12.8. The number of nitro groups is 1. The molecule has 0 saturated carbocycles. The molecule has 1 aliphatic rings. The molecule has 2 aromatic rings. The Morgan fingerprint density at radius 2 is 2.23 bits per heavy atom. The van der Waals surface area contributed by atoms with Gasteiger partial charge < -0.3 is 24.9 Å². The molecule has 26 heavy (non-hydrogen) atoms. The summed E-state index contributed by atoms with van der Waals surface area (Å²) in [4.78, 5) is 25.6. The van der Waals surface area contributed by atoms with E-state index in [0.29, 0.717) is 0 Å². The second-order valence-electron chi connectivity index (χ2n) is 5.19. The van der Waals surface area contributed by atoms with Gasteiger partial charge in [0.2, 0.25) is 0 Å². The molecule has 3 rings (SSSR count). The minimum Gasteiger partial charge on any atom is -0.448 e. The van der Waals surface area contributed by atoms with Crippen molar-refractivity contribution in [1.82, 2.24) is 20.1 Å². The van der Waals surface area contributed by atoms with E-state index in [9.17, 15) is 28.1 Å². The van der Waals surface area contributed by atoms with Crippen molar-refractivity contribution in [3.05, 3.63) is 39.9 Å². The molecule has 13 heteroatoms. The molecule has 1 atom stereocenters. The highest BCUT2D eigenvalue weighted by molar-refractivity contribution is 5.94. The van der Waals surface area contributed by atoms with Crippen LogP contribution in [0.25, 0.3) is 0 Å². The van der Waals surface area contributed by atoms with Crippen molar-refractivity contribution in [2.75, 3.05) is 6.61 Å². The SMILES string of the molecule is O=C(N[C@H]1COc2nc([N+](=O)[O-])nn2C1)c1cccc(OC(F)(F)F)c1. The number of rotatable bonds is 4. The zero-order valence-electron chi connectivity index (χ0n) is 12.8. The Bertz CT molecular complexity index is 853. The molecule has 1 amide bonds. The number of carbonyl (C=O) groups excluding carboxylic acids is 1. The number of amides is 1. The van der Waals surface area contributed by atoms with Gasteiger partial charge in [0, 0.05) is 10.7 Å². The Morgan fingerprint density at radius 1 is 1.46 bits per heavy atom. The van der Waals surface area contributed by atoms with Gasteiger partial charge >= 0.3 is 18.3 Å². The molecule has 1 aliphatic heterocycles. The Kier molecular flexibility index (Phi) is 4.36. The van der Waals surface area contributed by atoms with E-state index < -0.39 is 34.9 Å². The van der Waals surface area contributed by atoms with Gasteiger partial charge in [-0.15, -0.1) is 17.9 Å². The molecule has 0 saturated heterocycles. The van der Waals surface area contributed by atoms with Crippen molar-refractivity contribution >= 4 is 11.9 Å². The predicted molar refractivity (Wildman–Crippen MR) is 76.6 cm³/mol. The third-order valence-electron chi connectivity index (χ3n) is 3.26. The van der Waals surface area contributed by atoms with Crippen LogP contribution in [0.15, 0.2) is 24.3 Å². The lowest BCUT2D eigenvalue weighted by Crippen LogP contribution is -2.44. The summed E-state index contributed by atoms with van der Waals surface area (Å²) in [5, 5.41) is 16.8. The summed E-state index contributed by atoms with van der Waals surface area (Å²) in [6, 6.07) is 3.90. The largest absolute Gasteiger partial charge is 0.573 e. The summed E-state index contributed by atoms with van der Waals surface area (Å²) in [7, 11) is 0. The second-order valence-corrected chi connectivity index (χ2v) is 5.19. The number of fused-ring (bicyclic) bond motifs is 1. The summed E-state index contributed by atoms with van der Waals surface area (Å²) >= 11 is 0. The first-order valence-electron chi connectivity index (χ1n) is 7.10. The summed E-state index contributed by atoms with van der Waals surface area (Å²) < 4.78 is 46.8. The number of hydrogen-bond acceptors (Lipinski definition) is 7. The van der Waals surface area contributed by atoms with E-state index in [0.717, 1.165) is 16.8 Å². The molecule has 0 aliphatic carbocycles. The Morgan fingerprint density at radius 3 is 2.92 bits per heavy atom. The Balaban J connectivity index is 1.67. The van der Waals surface area contributed by atoms with Crippen LogP contribution in [0.2, 0.25) is 0 Å². The number of ether oxygens (including phenoxy) is 2. The number of aromatic nitrogens is 3. The zero-order chi connectivity index (χ0) is 18.9. The average molecular weight is 373 g/mol. The number of nitrogens with one attached hydrogen (secondary N) is 1. The standard InChI is InChI=1S/C13H10F3N5O5/c14-13(15,16)26-9-3-1-2-7(4-9)10(22)17-8-5-20-12(25-6-8)18-11(19-20)21(23)24/h1-4,8H,5-6H2,(H,17,22)/t8-/m1/s1. The molecule has 0 unspecified atom stereocenters. The van der Waals surface area contributed by atoms with Crippen molar-refractivity contribution in [2.24, 2.45) is 0 Å². The van der Waals surface area contributed by atoms with Gasteiger partial charge in [0.15, 0.2) is 0 Å². The Labute approximate surface area is 142 Å². The molecule has 1 aromatic carbocycles. The molecular formula is C13H10F3N5O5. The van der Waals surface area contributed by atoms with Crippen LogP contribution < -0.4 is 14.8 Å². The highest BCUT2D eigenvalue weighted by atomic mass is 19.4. The molecule has 0 fully saturated rings. The van der Waals surface area contributed by atoms with Crippen LogP contribution in [0.4, 0.5) is 19.1 Å². The van der Waals surface area contributed by atoms with E-state index in [-0.39, 0.29) is 24.7 Å². The smallest absolute Gasteiger partial charge is 0.448 e. The van der Waals surface area contributed by atoms with Gasteiger partial charge in [-0.05, 0) is 28.1 Å². The van der Waals surface area contributed by atoms with Crippen molar-refractivity contribution in [1.29, 1.82) is 0 Å². The number of nitrogens with zero attached hydrogens (tertiary/aromatic N) is 4. The maximum atomic E-state index is 12.2. The lowest BCUT2D eigenvalue weighted by atomic mass is 10.2. The summed E-state index contributed by atoms with van der Waals surface area (Å²) in [5.41, 5.74) is -0.0536. The lowest BCUT2D eigenvalue weighted by molar-refractivity contribution is -0.394. The molecular weight excluding hydrogens is 363 g/mol. The monoisotopic (exact) mass is 373 g/mol. The summed E-state index contributed by atoms with van der Waals surface area (Å²) in [6.07, 6.45) is -4.87. The van der Waals surface area contributed by atoms with Gasteiger partial charge in [-0.1, -0.05) is 6.07 Å². The molecule has 2 heterocycles. The number of benzene rings is 1. The molecule has 0 spiro atoms. The van der Waals surface area contributed by atoms with Crippen LogP contribution in [0, 0.1) is 10.1 Å². The van der Waals surface area contributed by atoms with E-state index in [1.54, 1.807) is 0 Å². The molecule has 10 nitrogen and oxygen atoms in total. The van der Waals surface area contributed by atoms with E-state index in [1.807, 2.05) is 0 Å². The van der Waals surface area contributed by atoms with E-state index >= 15 is 0 Å². The average Bonchev–Trinajstić information content (AvgIpc) is 2.97. The highest BCUT2D eigenvalue weighted by Gasteiger charge is 2.32. The number of halogens is 3. The molecule has 0 radical (unpaired) electrons. The van der Waals surface area contributed by atoms with Gasteiger partial charge in [0.1, 0.15) is 12.4 Å². The maximum absolute atomic E-state index is 12.2. The number of alkyl halides is 3. The van der Waals surface area contributed by atoms with Crippen LogP contribution >= 0.6 is 0 Å². The molecule has 1 N–H and O–H groups in total. The third kappa shape index (κ3) is 3.99. The van der Waals surface area contributed by atoms with Gasteiger partial charge in [0.25, 0.3) is 5.91 Å². The minimum absolute atomic E-state index is 0.0275. The fraction of sp³-hybridized carbons (Fsp3) is 0.308. The van der Waals surface area contributed by atoms with Crippen LogP contribution in [0.5, 0.6) is 11.8 Å². The lowest BCUT2D eigenvalue weighted by Gasteiger charge is -2.21. The van der Waals surface area contributed by atoms with E-state index in [2.05, 4.69) is 20.1 Å². The van der Waals surface area contributed by atoms with Gasteiger partial charge in [0.05, 0.1) is 12.6 Å². The van der Waals surface area contributed by atoms with Crippen LogP contribution in [-0.4, -0.2) is 44.6 Å².